The molecule has 0 heterocycles. The molecule has 0 aromatic carbocycles. The summed E-state index contributed by atoms with van der Waals surface area (Å²) in [6.07, 6.45) is 0.229. The van der Waals surface area contributed by atoms with Gasteiger partial charge in [0.1, 0.15) is 0 Å². The Morgan fingerprint density at radius 2 is 2.33 bits per heavy atom. The zero-order valence-corrected chi connectivity index (χ0v) is 6.89. The van der Waals surface area contributed by atoms with E-state index >= 15 is 0 Å². The van der Waals surface area contributed by atoms with E-state index in [2.05, 4.69) is 14.8 Å². The maximum absolute atomic E-state index is 10.5. The van der Waals surface area contributed by atoms with E-state index < -0.39 is 0 Å². The number of methoxy groups -OCH3 is 1. The van der Waals surface area contributed by atoms with E-state index in [1.54, 1.807) is 0 Å². The van der Waals surface area contributed by atoms with E-state index in [-0.39, 0.29) is 18.9 Å². The van der Waals surface area contributed by atoms with Gasteiger partial charge in [-0.05, 0) is 5.53 Å². The average Bonchev–Trinajstić information content (AvgIpc) is 2.10. The predicted molar refractivity (Wildman–Crippen MR) is 41.5 cm³/mol. The second kappa shape index (κ2) is 7.84. The molecule has 0 N–H and O–H groups in total. The molecule has 0 rings (SSSR count). The van der Waals surface area contributed by atoms with Gasteiger partial charge in [0.2, 0.25) is 0 Å². The van der Waals surface area contributed by atoms with Gasteiger partial charge in [0, 0.05) is 11.5 Å². The lowest BCUT2D eigenvalue weighted by molar-refractivity contribution is -0.141. The van der Waals surface area contributed by atoms with Crippen LogP contribution in [-0.2, 0) is 14.3 Å². The van der Waals surface area contributed by atoms with E-state index in [1.165, 1.54) is 7.11 Å². The summed E-state index contributed by atoms with van der Waals surface area (Å²) in [6, 6.07) is 0. The monoisotopic (exact) mass is 173 g/mol. The predicted octanol–water partition coefficient (Wildman–Crippen LogP) is 0.876. The number of carbonyl (C=O) groups is 1. The molecule has 0 aliphatic rings. The van der Waals surface area contributed by atoms with Crippen LogP contribution in [0.15, 0.2) is 5.11 Å². The van der Waals surface area contributed by atoms with E-state index in [9.17, 15) is 4.79 Å². The highest BCUT2D eigenvalue weighted by Crippen LogP contribution is 1.86. The fraction of sp³-hybridized carbons (Fsp3) is 0.833. The summed E-state index contributed by atoms with van der Waals surface area (Å²) in [4.78, 5) is 13.1. The van der Waals surface area contributed by atoms with Crippen molar-refractivity contribution in [3.8, 4) is 0 Å². The fourth-order valence-electron chi connectivity index (χ4n) is 0.510. The lowest BCUT2D eigenvalue weighted by atomic mass is 10.5. The number of hydrogen-bond acceptors (Lipinski definition) is 4. The first kappa shape index (κ1) is 10.7. The van der Waals surface area contributed by atoms with E-state index in [0.29, 0.717) is 13.2 Å². The zero-order chi connectivity index (χ0) is 9.23. The number of azide groups is 1. The molecule has 12 heavy (non-hydrogen) atoms. The minimum Gasteiger partial charge on any atom is -0.469 e. The highest BCUT2D eigenvalue weighted by molar-refractivity contribution is 5.69. The number of rotatable bonds is 6. The van der Waals surface area contributed by atoms with Gasteiger partial charge >= 0.3 is 5.97 Å². The van der Waals surface area contributed by atoms with Gasteiger partial charge < -0.3 is 9.47 Å². The van der Waals surface area contributed by atoms with Crippen molar-refractivity contribution in [2.24, 2.45) is 5.11 Å². The van der Waals surface area contributed by atoms with Crippen molar-refractivity contribution in [3.05, 3.63) is 10.4 Å². The molecule has 0 saturated carbocycles. The minimum atomic E-state index is -0.307. The van der Waals surface area contributed by atoms with Crippen molar-refractivity contribution in [2.45, 2.75) is 6.42 Å². The molecule has 0 aliphatic heterocycles. The Balaban J connectivity index is 3.10. The number of ether oxygens (including phenoxy) is 2. The molecule has 0 fully saturated rings. The molecule has 0 aromatic rings. The number of carbonyl (C=O) groups excluding carboxylic acids is 1. The maximum Gasteiger partial charge on any atom is 0.307 e. The summed E-state index contributed by atoms with van der Waals surface area (Å²) >= 11 is 0. The van der Waals surface area contributed by atoms with Gasteiger partial charge in [-0.25, -0.2) is 0 Å². The molecule has 0 radical (unpaired) electrons. The lowest BCUT2D eigenvalue weighted by Crippen LogP contribution is -2.07. The molecule has 6 nitrogen and oxygen atoms in total. The average molecular weight is 173 g/mol. The molecule has 0 bridgehead atoms. The Kier molecular flexibility index (Phi) is 7.02. The summed E-state index contributed by atoms with van der Waals surface area (Å²) in [5.41, 5.74) is 7.88. The molecular formula is C6H11N3O3. The SMILES string of the molecule is COC(=O)CCOCCN=[N+]=[N-]. The Bertz CT molecular complexity index is 177. The van der Waals surface area contributed by atoms with Crippen molar-refractivity contribution in [1.29, 1.82) is 0 Å². The van der Waals surface area contributed by atoms with Crippen molar-refractivity contribution in [1.82, 2.24) is 0 Å². The minimum absolute atomic E-state index is 0.229. The summed E-state index contributed by atoms with van der Waals surface area (Å²) in [5, 5.41) is 3.25. The summed E-state index contributed by atoms with van der Waals surface area (Å²) in [5.74, 6) is -0.307. The molecule has 0 saturated heterocycles. The third kappa shape index (κ3) is 6.85. The standard InChI is InChI=1S/C6H11N3O3/c1-11-6(10)2-4-12-5-3-8-9-7/h2-5H2,1H3. The zero-order valence-electron chi connectivity index (χ0n) is 6.89. The number of esters is 1. The topological polar surface area (TPSA) is 84.3 Å². The molecular weight excluding hydrogens is 162 g/mol. The van der Waals surface area contributed by atoms with Crippen LogP contribution in [0.25, 0.3) is 10.4 Å². The maximum atomic E-state index is 10.5. The lowest BCUT2D eigenvalue weighted by Gasteiger charge is -1.99. The first-order valence-electron chi connectivity index (χ1n) is 3.46. The van der Waals surface area contributed by atoms with Crippen molar-refractivity contribution < 1.29 is 14.3 Å². The second-order valence-electron chi connectivity index (χ2n) is 1.89. The Labute approximate surface area is 70.1 Å². The summed E-state index contributed by atoms with van der Waals surface area (Å²) in [7, 11) is 1.32. The number of nitrogens with zero attached hydrogens (tertiary/aromatic N) is 3. The van der Waals surface area contributed by atoms with E-state index in [4.69, 9.17) is 10.3 Å². The van der Waals surface area contributed by atoms with Crippen LogP contribution in [-0.4, -0.2) is 32.8 Å². The van der Waals surface area contributed by atoms with Crippen LogP contribution in [0.1, 0.15) is 6.42 Å². The van der Waals surface area contributed by atoms with Gasteiger partial charge in [0.15, 0.2) is 0 Å². The third-order valence-electron chi connectivity index (χ3n) is 1.08. The summed E-state index contributed by atoms with van der Waals surface area (Å²) in [6.45, 7) is 0.923. The molecule has 0 amide bonds. The first-order chi connectivity index (χ1) is 5.81. The molecule has 0 atom stereocenters. The van der Waals surface area contributed by atoms with Crippen LogP contribution in [0.5, 0.6) is 0 Å². The smallest absolute Gasteiger partial charge is 0.307 e. The van der Waals surface area contributed by atoms with Crippen LogP contribution in [0, 0.1) is 0 Å². The number of hydrogen-bond donors (Lipinski definition) is 0. The quantitative estimate of drug-likeness (QED) is 0.196. The van der Waals surface area contributed by atoms with Gasteiger partial charge in [-0.1, -0.05) is 5.11 Å². The normalized spacial score (nSPS) is 8.75. The van der Waals surface area contributed by atoms with Crippen LogP contribution in [0.2, 0.25) is 0 Å². The first-order valence-corrected chi connectivity index (χ1v) is 3.46. The molecule has 6 heteroatoms. The Hall–Kier alpha value is -1.26. The van der Waals surface area contributed by atoms with Crippen molar-refractivity contribution in [3.63, 3.8) is 0 Å². The second-order valence-corrected chi connectivity index (χ2v) is 1.89. The molecule has 68 valence electrons. The highest BCUT2D eigenvalue weighted by atomic mass is 16.5. The third-order valence-corrected chi connectivity index (χ3v) is 1.08. The van der Waals surface area contributed by atoms with Crippen LogP contribution >= 0.6 is 0 Å². The highest BCUT2D eigenvalue weighted by Gasteiger charge is 1.97. The van der Waals surface area contributed by atoms with E-state index in [0.717, 1.165) is 0 Å². The van der Waals surface area contributed by atoms with Gasteiger partial charge in [0.25, 0.3) is 0 Å². The Morgan fingerprint density at radius 3 is 2.92 bits per heavy atom. The molecule has 0 spiro atoms. The molecule has 0 aliphatic carbocycles. The molecule has 0 aromatic heterocycles. The van der Waals surface area contributed by atoms with Crippen LogP contribution in [0.4, 0.5) is 0 Å². The van der Waals surface area contributed by atoms with Gasteiger partial charge in [-0.15, -0.1) is 0 Å². The van der Waals surface area contributed by atoms with Crippen molar-refractivity contribution >= 4 is 5.97 Å². The largest absolute Gasteiger partial charge is 0.469 e. The fourth-order valence-corrected chi connectivity index (χ4v) is 0.510. The molecule has 0 unspecified atom stereocenters. The van der Waals surface area contributed by atoms with Crippen molar-refractivity contribution in [2.75, 3.05) is 26.9 Å². The van der Waals surface area contributed by atoms with E-state index in [1.807, 2.05) is 0 Å². The Morgan fingerprint density at radius 1 is 1.58 bits per heavy atom. The summed E-state index contributed by atoms with van der Waals surface area (Å²) < 4.78 is 9.32. The van der Waals surface area contributed by atoms with Gasteiger partial charge in [0.05, 0.1) is 26.7 Å². The van der Waals surface area contributed by atoms with Gasteiger partial charge in [-0.2, -0.15) is 0 Å². The van der Waals surface area contributed by atoms with Gasteiger partial charge in [-0.3, -0.25) is 4.79 Å². The van der Waals surface area contributed by atoms with Crippen LogP contribution < -0.4 is 0 Å². The van der Waals surface area contributed by atoms with Crippen LogP contribution in [0.3, 0.4) is 0 Å².